The number of carbonyl (C=O) groups excluding carboxylic acids is 1. The van der Waals surface area contributed by atoms with Crippen LogP contribution in [0.25, 0.3) is 0 Å². The van der Waals surface area contributed by atoms with Crippen LogP contribution in [-0.2, 0) is 0 Å². The SMILES string of the molecule is Cc1c(NC(=O)c2cccc(Cl)c2F)cccc1C(=O)O. The Morgan fingerprint density at radius 1 is 1.14 bits per heavy atom. The van der Waals surface area contributed by atoms with Crippen molar-refractivity contribution in [2.24, 2.45) is 0 Å². The smallest absolute Gasteiger partial charge is 0.336 e. The number of halogens is 2. The van der Waals surface area contributed by atoms with Gasteiger partial charge in [-0.2, -0.15) is 0 Å². The summed E-state index contributed by atoms with van der Waals surface area (Å²) in [5.74, 6) is -2.61. The zero-order valence-corrected chi connectivity index (χ0v) is 11.7. The van der Waals surface area contributed by atoms with Gasteiger partial charge in [0.05, 0.1) is 16.1 Å². The molecule has 2 aromatic rings. The molecule has 0 unspecified atom stereocenters. The van der Waals surface area contributed by atoms with E-state index in [0.29, 0.717) is 11.3 Å². The van der Waals surface area contributed by atoms with Crippen molar-refractivity contribution < 1.29 is 19.1 Å². The first-order valence-corrected chi connectivity index (χ1v) is 6.38. The molecule has 0 saturated carbocycles. The lowest BCUT2D eigenvalue weighted by Crippen LogP contribution is -2.15. The number of hydrogen-bond acceptors (Lipinski definition) is 2. The summed E-state index contributed by atoms with van der Waals surface area (Å²) < 4.78 is 13.8. The first kappa shape index (κ1) is 15.0. The van der Waals surface area contributed by atoms with E-state index >= 15 is 0 Å². The highest BCUT2D eigenvalue weighted by atomic mass is 35.5. The van der Waals surface area contributed by atoms with Crippen LogP contribution in [0.4, 0.5) is 10.1 Å². The Labute approximate surface area is 125 Å². The van der Waals surface area contributed by atoms with E-state index in [9.17, 15) is 14.0 Å². The molecule has 2 aromatic carbocycles. The van der Waals surface area contributed by atoms with Gasteiger partial charge in [0, 0.05) is 5.69 Å². The maximum absolute atomic E-state index is 13.8. The molecule has 1 amide bonds. The van der Waals surface area contributed by atoms with E-state index in [1.807, 2.05) is 0 Å². The molecule has 6 heteroatoms. The number of carboxylic acid groups (broad SMARTS) is 1. The van der Waals surface area contributed by atoms with E-state index in [0.717, 1.165) is 0 Å². The minimum atomic E-state index is -1.10. The highest BCUT2D eigenvalue weighted by molar-refractivity contribution is 6.31. The van der Waals surface area contributed by atoms with Crippen LogP contribution in [0.2, 0.25) is 5.02 Å². The van der Waals surface area contributed by atoms with Gasteiger partial charge in [-0.3, -0.25) is 4.79 Å². The Hall–Kier alpha value is -2.40. The molecule has 0 bridgehead atoms. The third kappa shape index (κ3) is 3.03. The van der Waals surface area contributed by atoms with Crippen molar-refractivity contribution in [2.45, 2.75) is 6.92 Å². The van der Waals surface area contributed by atoms with E-state index in [4.69, 9.17) is 16.7 Å². The van der Waals surface area contributed by atoms with E-state index in [1.54, 1.807) is 13.0 Å². The third-order valence-electron chi connectivity index (χ3n) is 3.01. The maximum atomic E-state index is 13.8. The predicted molar refractivity (Wildman–Crippen MR) is 77.5 cm³/mol. The number of amides is 1. The Kier molecular flexibility index (Phi) is 4.23. The summed E-state index contributed by atoms with van der Waals surface area (Å²) in [5, 5.41) is 11.4. The molecule has 21 heavy (non-hydrogen) atoms. The summed E-state index contributed by atoms with van der Waals surface area (Å²) in [6, 6.07) is 8.56. The van der Waals surface area contributed by atoms with Gasteiger partial charge in [-0.25, -0.2) is 9.18 Å². The van der Waals surface area contributed by atoms with Crippen LogP contribution in [0.1, 0.15) is 26.3 Å². The van der Waals surface area contributed by atoms with Crippen LogP contribution in [0.3, 0.4) is 0 Å². The van der Waals surface area contributed by atoms with E-state index in [-0.39, 0.29) is 16.1 Å². The number of aromatic carboxylic acids is 1. The fraction of sp³-hybridized carbons (Fsp3) is 0.0667. The van der Waals surface area contributed by atoms with E-state index in [1.165, 1.54) is 30.3 Å². The number of benzene rings is 2. The standard InChI is InChI=1S/C15H11ClFNO3/c1-8-9(15(20)21)4-3-7-12(8)18-14(19)10-5-2-6-11(16)13(10)17/h2-7H,1H3,(H,18,19)(H,20,21). The van der Waals surface area contributed by atoms with Crippen molar-refractivity contribution in [1.29, 1.82) is 0 Å². The largest absolute Gasteiger partial charge is 0.478 e. The van der Waals surface area contributed by atoms with Gasteiger partial charge in [0.25, 0.3) is 5.91 Å². The number of carbonyl (C=O) groups is 2. The predicted octanol–water partition coefficient (Wildman–Crippen LogP) is 3.74. The fourth-order valence-electron chi connectivity index (χ4n) is 1.87. The first-order valence-electron chi connectivity index (χ1n) is 6.00. The van der Waals surface area contributed by atoms with Crippen molar-refractivity contribution in [2.75, 3.05) is 5.32 Å². The summed E-state index contributed by atoms with van der Waals surface area (Å²) in [6.07, 6.45) is 0. The lowest BCUT2D eigenvalue weighted by molar-refractivity contribution is 0.0695. The normalized spacial score (nSPS) is 10.2. The van der Waals surface area contributed by atoms with Crippen molar-refractivity contribution in [1.82, 2.24) is 0 Å². The summed E-state index contributed by atoms with van der Waals surface area (Å²) in [6.45, 7) is 1.56. The van der Waals surface area contributed by atoms with Crippen molar-refractivity contribution in [3.8, 4) is 0 Å². The highest BCUT2D eigenvalue weighted by Gasteiger charge is 2.16. The number of rotatable bonds is 3. The molecule has 0 fully saturated rings. The van der Waals surface area contributed by atoms with Gasteiger partial charge in [-0.1, -0.05) is 23.7 Å². The van der Waals surface area contributed by atoms with Crippen LogP contribution in [-0.4, -0.2) is 17.0 Å². The van der Waals surface area contributed by atoms with Gasteiger partial charge >= 0.3 is 5.97 Å². The van der Waals surface area contributed by atoms with Crippen LogP contribution in [0.5, 0.6) is 0 Å². The molecule has 0 aliphatic heterocycles. The molecule has 0 heterocycles. The molecule has 2 rings (SSSR count). The van der Waals surface area contributed by atoms with Crippen molar-refractivity contribution >= 4 is 29.2 Å². The number of nitrogens with one attached hydrogen (secondary N) is 1. The van der Waals surface area contributed by atoms with Crippen LogP contribution >= 0.6 is 11.6 Å². The number of carboxylic acids is 1. The summed E-state index contributed by atoms with van der Waals surface area (Å²) in [7, 11) is 0. The van der Waals surface area contributed by atoms with Crippen LogP contribution in [0, 0.1) is 12.7 Å². The zero-order chi connectivity index (χ0) is 15.6. The molecule has 0 spiro atoms. The molecule has 0 aliphatic carbocycles. The van der Waals surface area contributed by atoms with Gasteiger partial charge in [-0.05, 0) is 36.8 Å². The fourth-order valence-corrected chi connectivity index (χ4v) is 2.05. The molecule has 2 N–H and O–H groups in total. The molecule has 0 aromatic heterocycles. The molecular weight excluding hydrogens is 297 g/mol. The lowest BCUT2D eigenvalue weighted by Gasteiger charge is -2.11. The minimum absolute atomic E-state index is 0.0689. The monoisotopic (exact) mass is 307 g/mol. The number of hydrogen-bond donors (Lipinski definition) is 2. The molecule has 0 radical (unpaired) electrons. The Morgan fingerprint density at radius 3 is 2.43 bits per heavy atom. The second-order valence-corrected chi connectivity index (χ2v) is 4.75. The highest BCUT2D eigenvalue weighted by Crippen LogP contribution is 2.22. The zero-order valence-electron chi connectivity index (χ0n) is 11.0. The summed E-state index contributed by atoms with van der Waals surface area (Å²) in [4.78, 5) is 23.1. The molecular formula is C15H11ClFNO3. The van der Waals surface area contributed by atoms with Gasteiger partial charge in [0.15, 0.2) is 5.82 Å². The average Bonchev–Trinajstić information content (AvgIpc) is 2.43. The summed E-state index contributed by atoms with van der Waals surface area (Å²) >= 11 is 5.63. The van der Waals surface area contributed by atoms with Gasteiger partial charge < -0.3 is 10.4 Å². The van der Waals surface area contributed by atoms with Crippen molar-refractivity contribution in [3.05, 3.63) is 63.9 Å². The molecule has 0 saturated heterocycles. The summed E-state index contributed by atoms with van der Waals surface area (Å²) in [5.41, 5.74) is 0.557. The van der Waals surface area contributed by atoms with Gasteiger partial charge in [0.1, 0.15) is 0 Å². The maximum Gasteiger partial charge on any atom is 0.336 e. The van der Waals surface area contributed by atoms with Crippen LogP contribution < -0.4 is 5.32 Å². The Morgan fingerprint density at radius 2 is 1.76 bits per heavy atom. The average molecular weight is 308 g/mol. The second-order valence-electron chi connectivity index (χ2n) is 4.34. The number of anilines is 1. The molecule has 108 valence electrons. The Bertz CT molecular complexity index is 731. The topological polar surface area (TPSA) is 66.4 Å². The lowest BCUT2D eigenvalue weighted by atomic mass is 10.1. The quantitative estimate of drug-likeness (QED) is 0.907. The first-order chi connectivity index (χ1) is 9.91. The van der Waals surface area contributed by atoms with Crippen LogP contribution in [0.15, 0.2) is 36.4 Å². The Balaban J connectivity index is 2.34. The molecule has 4 nitrogen and oxygen atoms in total. The van der Waals surface area contributed by atoms with Crippen molar-refractivity contribution in [3.63, 3.8) is 0 Å². The van der Waals surface area contributed by atoms with Gasteiger partial charge in [-0.15, -0.1) is 0 Å². The van der Waals surface area contributed by atoms with Gasteiger partial charge in [0.2, 0.25) is 0 Å². The minimum Gasteiger partial charge on any atom is -0.478 e. The molecule has 0 aliphatic rings. The second kappa shape index (κ2) is 5.93. The molecule has 0 atom stereocenters. The van der Waals surface area contributed by atoms with E-state index in [2.05, 4.69) is 5.32 Å². The third-order valence-corrected chi connectivity index (χ3v) is 3.30. The van der Waals surface area contributed by atoms with E-state index < -0.39 is 17.7 Å².